The molecule has 0 atom stereocenters. The van der Waals surface area contributed by atoms with Crippen molar-refractivity contribution in [1.29, 1.82) is 0 Å². The second-order valence-corrected chi connectivity index (χ2v) is 6.33. The smallest absolute Gasteiger partial charge is 0.0412 e. The summed E-state index contributed by atoms with van der Waals surface area (Å²) < 4.78 is 0. The van der Waals surface area contributed by atoms with Crippen molar-refractivity contribution in [1.82, 2.24) is 0 Å². The second kappa shape index (κ2) is 3.76. The minimum absolute atomic E-state index is 0.0365. The summed E-state index contributed by atoms with van der Waals surface area (Å²) in [5.74, 6) is 0. The van der Waals surface area contributed by atoms with Gasteiger partial charge in [-0.1, -0.05) is 43.1 Å². The summed E-state index contributed by atoms with van der Waals surface area (Å²) in [6.07, 6.45) is 0. The van der Waals surface area contributed by atoms with Gasteiger partial charge in [-0.2, -0.15) is 0 Å². The van der Waals surface area contributed by atoms with E-state index in [-0.39, 0.29) is 5.41 Å². The van der Waals surface area contributed by atoms with E-state index in [9.17, 15) is 0 Å². The maximum absolute atomic E-state index is 6.20. The molecule has 0 bridgehead atoms. The number of halogens is 2. The maximum atomic E-state index is 6.20. The minimum Gasteiger partial charge on any atom is -0.0843 e. The minimum atomic E-state index is -0.0365. The molecule has 92 valence electrons. The van der Waals surface area contributed by atoms with Crippen LogP contribution >= 0.6 is 23.2 Å². The summed E-state index contributed by atoms with van der Waals surface area (Å²) in [5, 5.41) is 1.59. The Balaban J connectivity index is 2.42. The lowest BCUT2D eigenvalue weighted by Gasteiger charge is -2.21. The zero-order valence-electron chi connectivity index (χ0n) is 10.6. The molecule has 2 aromatic carbocycles. The maximum Gasteiger partial charge on any atom is 0.0412 e. The van der Waals surface area contributed by atoms with Gasteiger partial charge < -0.3 is 0 Å². The van der Waals surface area contributed by atoms with Crippen LogP contribution in [0.2, 0.25) is 10.0 Å². The number of rotatable bonds is 0. The molecule has 0 aromatic heterocycles. The van der Waals surface area contributed by atoms with Crippen LogP contribution in [0.25, 0.3) is 11.1 Å². The third kappa shape index (κ3) is 1.52. The molecular formula is C16H14Cl2. The van der Waals surface area contributed by atoms with E-state index in [0.717, 1.165) is 10.0 Å². The molecule has 0 spiro atoms. The molecule has 18 heavy (non-hydrogen) atoms. The van der Waals surface area contributed by atoms with Crippen molar-refractivity contribution < 1.29 is 0 Å². The van der Waals surface area contributed by atoms with E-state index in [4.69, 9.17) is 23.2 Å². The SMILES string of the molecule is Cc1cc(Cl)cc2c1-c1ccc(Cl)cc1C2(C)C. The van der Waals surface area contributed by atoms with Crippen LogP contribution in [-0.4, -0.2) is 0 Å². The fourth-order valence-electron chi connectivity index (χ4n) is 2.99. The Hall–Kier alpha value is -0.980. The van der Waals surface area contributed by atoms with Gasteiger partial charge in [0.25, 0.3) is 0 Å². The number of hydrogen-bond donors (Lipinski definition) is 0. The van der Waals surface area contributed by atoms with Crippen molar-refractivity contribution in [2.24, 2.45) is 0 Å². The molecule has 0 radical (unpaired) electrons. The Bertz CT molecular complexity index is 654. The Kier molecular flexibility index (Phi) is 2.52. The van der Waals surface area contributed by atoms with Gasteiger partial charge in [-0.15, -0.1) is 0 Å². The molecule has 0 heterocycles. The molecule has 3 rings (SSSR count). The standard InChI is InChI=1S/C16H14Cl2/c1-9-6-11(18)8-14-15(9)12-5-4-10(17)7-13(12)16(14,2)3/h4-8H,1-3H3. The molecule has 1 aliphatic rings. The van der Waals surface area contributed by atoms with E-state index in [1.807, 2.05) is 12.1 Å². The lowest BCUT2D eigenvalue weighted by molar-refractivity contribution is 0.660. The van der Waals surface area contributed by atoms with Crippen molar-refractivity contribution in [3.8, 4) is 11.1 Å². The Morgan fingerprint density at radius 2 is 1.56 bits per heavy atom. The Morgan fingerprint density at radius 1 is 0.889 bits per heavy atom. The zero-order chi connectivity index (χ0) is 13.1. The normalized spacial score (nSPS) is 15.4. The van der Waals surface area contributed by atoms with E-state index < -0.39 is 0 Å². The van der Waals surface area contributed by atoms with Crippen LogP contribution in [0.3, 0.4) is 0 Å². The summed E-state index contributed by atoms with van der Waals surface area (Å²) in [6.45, 7) is 6.57. The summed E-state index contributed by atoms with van der Waals surface area (Å²) in [7, 11) is 0. The van der Waals surface area contributed by atoms with Gasteiger partial charge in [0.15, 0.2) is 0 Å². The van der Waals surface area contributed by atoms with E-state index >= 15 is 0 Å². The summed E-state index contributed by atoms with van der Waals surface area (Å²) >= 11 is 12.3. The molecule has 0 unspecified atom stereocenters. The molecule has 0 amide bonds. The Morgan fingerprint density at radius 3 is 2.28 bits per heavy atom. The van der Waals surface area contributed by atoms with E-state index in [1.165, 1.54) is 27.8 Å². The first-order valence-electron chi connectivity index (χ1n) is 6.02. The highest BCUT2D eigenvalue weighted by molar-refractivity contribution is 6.31. The topological polar surface area (TPSA) is 0 Å². The molecule has 0 saturated heterocycles. The van der Waals surface area contributed by atoms with Gasteiger partial charge in [-0.25, -0.2) is 0 Å². The van der Waals surface area contributed by atoms with Crippen molar-refractivity contribution in [3.63, 3.8) is 0 Å². The van der Waals surface area contributed by atoms with Gasteiger partial charge in [0.05, 0.1) is 0 Å². The van der Waals surface area contributed by atoms with Gasteiger partial charge in [-0.3, -0.25) is 0 Å². The highest BCUT2D eigenvalue weighted by Crippen LogP contribution is 2.51. The van der Waals surface area contributed by atoms with Gasteiger partial charge in [0.2, 0.25) is 0 Å². The van der Waals surface area contributed by atoms with Crippen LogP contribution in [0.15, 0.2) is 30.3 Å². The van der Waals surface area contributed by atoms with Crippen LogP contribution in [0.5, 0.6) is 0 Å². The lowest BCUT2D eigenvalue weighted by atomic mass is 9.82. The Labute approximate surface area is 118 Å². The highest BCUT2D eigenvalue weighted by atomic mass is 35.5. The molecule has 0 saturated carbocycles. The van der Waals surface area contributed by atoms with Crippen LogP contribution in [0.4, 0.5) is 0 Å². The molecule has 2 heteroatoms. The van der Waals surface area contributed by atoms with E-state index in [1.54, 1.807) is 0 Å². The fourth-order valence-corrected chi connectivity index (χ4v) is 3.44. The molecular weight excluding hydrogens is 263 g/mol. The predicted octanol–water partition coefficient (Wildman–Crippen LogP) is 5.61. The molecule has 0 fully saturated rings. The van der Waals surface area contributed by atoms with E-state index in [0.29, 0.717) is 0 Å². The largest absolute Gasteiger partial charge is 0.0843 e. The first kappa shape index (κ1) is 12.1. The lowest BCUT2D eigenvalue weighted by Crippen LogP contribution is -2.15. The van der Waals surface area contributed by atoms with Gasteiger partial charge in [0.1, 0.15) is 0 Å². The van der Waals surface area contributed by atoms with Crippen molar-refractivity contribution in [2.75, 3.05) is 0 Å². The van der Waals surface area contributed by atoms with Gasteiger partial charge >= 0.3 is 0 Å². The highest BCUT2D eigenvalue weighted by Gasteiger charge is 2.36. The van der Waals surface area contributed by atoms with Crippen LogP contribution in [0, 0.1) is 6.92 Å². The second-order valence-electron chi connectivity index (χ2n) is 5.46. The first-order chi connectivity index (χ1) is 8.41. The average molecular weight is 277 g/mol. The molecule has 0 nitrogen and oxygen atoms in total. The number of aryl methyl sites for hydroxylation is 1. The van der Waals surface area contributed by atoms with Gasteiger partial charge in [-0.05, 0) is 59.0 Å². The van der Waals surface area contributed by atoms with Crippen LogP contribution in [-0.2, 0) is 5.41 Å². The third-order valence-corrected chi connectivity index (χ3v) is 4.35. The molecule has 1 aliphatic carbocycles. The molecule has 2 aromatic rings. The zero-order valence-corrected chi connectivity index (χ0v) is 12.2. The van der Waals surface area contributed by atoms with Gasteiger partial charge in [0, 0.05) is 15.5 Å². The van der Waals surface area contributed by atoms with Crippen LogP contribution < -0.4 is 0 Å². The quantitative estimate of drug-likeness (QED) is 0.587. The molecule has 0 N–H and O–H groups in total. The van der Waals surface area contributed by atoms with Crippen LogP contribution in [0.1, 0.15) is 30.5 Å². The average Bonchev–Trinajstić information content (AvgIpc) is 2.49. The summed E-state index contributed by atoms with van der Waals surface area (Å²) in [5.41, 5.74) is 6.38. The number of hydrogen-bond acceptors (Lipinski definition) is 0. The van der Waals surface area contributed by atoms with Crippen molar-refractivity contribution in [3.05, 3.63) is 57.1 Å². The third-order valence-electron chi connectivity index (χ3n) is 3.90. The monoisotopic (exact) mass is 276 g/mol. The molecule has 0 aliphatic heterocycles. The fraction of sp³-hybridized carbons (Fsp3) is 0.250. The van der Waals surface area contributed by atoms with Crippen molar-refractivity contribution >= 4 is 23.2 Å². The predicted molar refractivity (Wildman–Crippen MR) is 78.8 cm³/mol. The van der Waals surface area contributed by atoms with E-state index in [2.05, 4.69) is 39.0 Å². The van der Waals surface area contributed by atoms with Crippen molar-refractivity contribution in [2.45, 2.75) is 26.2 Å². The number of benzene rings is 2. The summed E-state index contributed by atoms with van der Waals surface area (Å²) in [4.78, 5) is 0. The summed E-state index contributed by atoms with van der Waals surface area (Å²) in [6, 6.07) is 10.3. The number of fused-ring (bicyclic) bond motifs is 3. The first-order valence-corrected chi connectivity index (χ1v) is 6.78.